The topological polar surface area (TPSA) is 59.0 Å². The first-order valence-electron chi connectivity index (χ1n) is 10.9. The minimum atomic E-state index is -0.528. The summed E-state index contributed by atoms with van der Waals surface area (Å²) in [4.78, 5) is 32.9. The third kappa shape index (κ3) is 4.14. The van der Waals surface area contributed by atoms with E-state index in [1.165, 1.54) is 0 Å². The van der Waals surface area contributed by atoms with E-state index >= 15 is 0 Å². The molecule has 1 aliphatic carbocycles. The fraction of sp³-hybridized carbons (Fsp3) is 0.542. The van der Waals surface area contributed by atoms with Crippen LogP contribution >= 0.6 is 0 Å². The van der Waals surface area contributed by atoms with Gasteiger partial charge in [0.05, 0.1) is 6.61 Å². The maximum Gasteiger partial charge on any atom is 0.315 e. The van der Waals surface area contributed by atoms with E-state index in [-0.39, 0.29) is 17.7 Å². The molecule has 29 heavy (non-hydrogen) atoms. The van der Waals surface area contributed by atoms with E-state index < -0.39 is 5.92 Å². The SMILES string of the molecule is CCOC(=O)C1C(CC)=NC2=C(C(=O)CCC2)[C@H]1c1ccc(N(CC)CC)cc1. The van der Waals surface area contributed by atoms with E-state index in [2.05, 4.69) is 43.0 Å². The highest BCUT2D eigenvalue weighted by molar-refractivity contribution is 6.09. The molecular weight excluding hydrogens is 364 g/mol. The van der Waals surface area contributed by atoms with Crippen molar-refractivity contribution in [2.24, 2.45) is 10.9 Å². The average Bonchev–Trinajstić information content (AvgIpc) is 2.74. The number of hydrogen-bond acceptors (Lipinski definition) is 5. The van der Waals surface area contributed by atoms with Crippen LogP contribution in [0.25, 0.3) is 0 Å². The van der Waals surface area contributed by atoms with Crippen LogP contribution in [-0.2, 0) is 14.3 Å². The maximum absolute atomic E-state index is 13.0. The number of carbonyl (C=O) groups excluding carboxylic acids is 2. The fourth-order valence-corrected chi connectivity index (χ4v) is 4.56. The van der Waals surface area contributed by atoms with Crippen LogP contribution in [0.5, 0.6) is 0 Å². The van der Waals surface area contributed by atoms with Crippen molar-refractivity contribution in [1.82, 2.24) is 0 Å². The smallest absolute Gasteiger partial charge is 0.315 e. The molecule has 0 saturated carbocycles. The number of Topliss-reactive ketones (excluding diaryl/α,β-unsaturated/α-hetero) is 1. The third-order valence-electron chi connectivity index (χ3n) is 5.99. The van der Waals surface area contributed by atoms with E-state index in [0.717, 1.165) is 54.2 Å². The number of carbonyl (C=O) groups is 2. The number of hydrogen-bond donors (Lipinski definition) is 0. The molecule has 0 bridgehead atoms. The Labute approximate surface area is 173 Å². The Morgan fingerprint density at radius 1 is 1.10 bits per heavy atom. The predicted molar refractivity (Wildman–Crippen MR) is 116 cm³/mol. The zero-order valence-electron chi connectivity index (χ0n) is 18.0. The first-order chi connectivity index (χ1) is 14.0. The molecule has 0 fully saturated rings. The number of anilines is 1. The lowest BCUT2D eigenvalue weighted by Crippen LogP contribution is -2.38. The molecule has 0 aromatic heterocycles. The van der Waals surface area contributed by atoms with Gasteiger partial charge in [-0.25, -0.2) is 0 Å². The summed E-state index contributed by atoms with van der Waals surface area (Å²) in [6, 6.07) is 8.32. The molecule has 1 aromatic carbocycles. The summed E-state index contributed by atoms with van der Waals surface area (Å²) in [6.45, 7) is 10.3. The van der Waals surface area contributed by atoms with Crippen molar-refractivity contribution < 1.29 is 14.3 Å². The molecule has 0 N–H and O–H groups in total. The lowest BCUT2D eigenvalue weighted by Gasteiger charge is -2.35. The Balaban J connectivity index is 2.09. The van der Waals surface area contributed by atoms with Gasteiger partial charge in [-0.1, -0.05) is 19.1 Å². The van der Waals surface area contributed by atoms with Gasteiger partial charge >= 0.3 is 5.97 Å². The van der Waals surface area contributed by atoms with Gasteiger partial charge in [-0.15, -0.1) is 0 Å². The second-order valence-corrected chi connectivity index (χ2v) is 7.57. The molecule has 2 aliphatic rings. The maximum atomic E-state index is 13.0. The number of ketones is 1. The van der Waals surface area contributed by atoms with Gasteiger partial charge in [0.1, 0.15) is 5.92 Å². The van der Waals surface area contributed by atoms with Gasteiger partial charge in [0.25, 0.3) is 0 Å². The molecule has 5 nitrogen and oxygen atoms in total. The predicted octanol–water partition coefficient (Wildman–Crippen LogP) is 4.67. The van der Waals surface area contributed by atoms with Crippen molar-refractivity contribution in [3.8, 4) is 0 Å². The Hall–Kier alpha value is -2.43. The van der Waals surface area contributed by atoms with Crippen molar-refractivity contribution in [3.63, 3.8) is 0 Å². The van der Waals surface area contributed by atoms with Gasteiger partial charge in [-0.3, -0.25) is 14.6 Å². The first kappa shape index (κ1) is 21.3. The summed E-state index contributed by atoms with van der Waals surface area (Å²) in [5, 5.41) is 0. The molecule has 156 valence electrons. The Kier molecular flexibility index (Phi) is 6.88. The van der Waals surface area contributed by atoms with Crippen LogP contribution in [0.3, 0.4) is 0 Å². The van der Waals surface area contributed by atoms with E-state index in [1.807, 2.05) is 13.8 Å². The third-order valence-corrected chi connectivity index (χ3v) is 5.99. The summed E-state index contributed by atoms with van der Waals surface area (Å²) < 4.78 is 5.42. The van der Waals surface area contributed by atoms with Crippen LogP contribution in [0.15, 0.2) is 40.5 Å². The van der Waals surface area contributed by atoms with Crippen molar-refractivity contribution in [2.75, 3.05) is 24.6 Å². The zero-order valence-corrected chi connectivity index (χ0v) is 18.0. The number of rotatable bonds is 7. The second kappa shape index (κ2) is 9.38. The Morgan fingerprint density at radius 3 is 2.38 bits per heavy atom. The highest BCUT2D eigenvalue weighted by Crippen LogP contribution is 2.44. The van der Waals surface area contributed by atoms with E-state index in [4.69, 9.17) is 9.73 Å². The molecule has 1 aromatic rings. The molecule has 5 heteroatoms. The number of allylic oxidation sites excluding steroid dienone is 2. The average molecular weight is 397 g/mol. The van der Waals surface area contributed by atoms with Crippen LogP contribution in [0.4, 0.5) is 5.69 Å². The molecule has 3 rings (SSSR count). The standard InChI is InChI=1S/C24H32N2O3/c1-5-18-23(24(28)29-8-4)21(22-19(25-18)10-9-11-20(22)27)16-12-14-17(15-13-16)26(6-2)7-3/h12-15,21,23H,5-11H2,1-4H3/t21-,23?/m1/s1. The molecule has 1 heterocycles. The van der Waals surface area contributed by atoms with Crippen LogP contribution in [0.2, 0.25) is 0 Å². The number of ether oxygens (including phenoxy) is 1. The van der Waals surface area contributed by atoms with Crippen molar-refractivity contribution >= 4 is 23.2 Å². The number of benzene rings is 1. The van der Waals surface area contributed by atoms with Gasteiger partial charge in [-0.05, 0) is 57.7 Å². The quantitative estimate of drug-likeness (QED) is 0.629. The van der Waals surface area contributed by atoms with E-state index in [9.17, 15) is 9.59 Å². The zero-order chi connectivity index (χ0) is 21.0. The minimum Gasteiger partial charge on any atom is -0.465 e. The van der Waals surface area contributed by atoms with Crippen molar-refractivity contribution in [1.29, 1.82) is 0 Å². The Morgan fingerprint density at radius 2 is 1.79 bits per heavy atom. The van der Waals surface area contributed by atoms with Gasteiger partial charge < -0.3 is 9.64 Å². The lowest BCUT2D eigenvalue weighted by molar-refractivity contribution is -0.146. The normalized spacial score (nSPS) is 21.5. The van der Waals surface area contributed by atoms with Crippen LogP contribution in [-0.4, -0.2) is 37.2 Å². The number of nitrogens with zero attached hydrogens (tertiary/aromatic N) is 2. The largest absolute Gasteiger partial charge is 0.465 e. The molecular formula is C24H32N2O3. The van der Waals surface area contributed by atoms with E-state index in [0.29, 0.717) is 19.4 Å². The van der Waals surface area contributed by atoms with Gasteiger partial charge in [0.2, 0.25) is 0 Å². The fourth-order valence-electron chi connectivity index (χ4n) is 4.56. The summed E-state index contributed by atoms with van der Waals surface area (Å²) in [7, 11) is 0. The first-order valence-corrected chi connectivity index (χ1v) is 10.9. The van der Waals surface area contributed by atoms with Gasteiger partial charge in [-0.2, -0.15) is 0 Å². The molecule has 2 atom stereocenters. The van der Waals surface area contributed by atoms with Gasteiger partial charge in [0, 0.05) is 48.1 Å². The monoisotopic (exact) mass is 396 g/mol. The summed E-state index contributed by atoms with van der Waals surface area (Å²) in [5.41, 5.74) is 4.56. The summed E-state index contributed by atoms with van der Waals surface area (Å²) >= 11 is 0. The van der Waals surface area contributed by atoms with Crippen LogP contribution < -0.4 is 4.90 Å². The molecule has 0 spiro atoms. The molecule has 0 saturated heterocycles. The highest BCUT2D eigenvalue weighted by Gasteiger charge is 2.43. The second-order valence-electron chi connectivity index (χ2n) is 7.57. The summed E-state index contributed by atoms with van der Waals surface area (Å²) in [5.74, 6) is -0.997. The van der Waals surface area contributed by atoms with Gasteiger partial charge in [0.15, 0.2) is 5.78 Å². The highest BCUT2D eigenvalue weighted by atomic mass is 16.5. The summed E-state index contributed by atoms with van der Waals surface area (Å²) in [6.07, 6.45) is 2.83. The lowest BCUT2D eigenvalue weighted by atomic mass is 9.71. The van der Waals surface area contributed by atoms with Crippen LogP contribution in [0, 0.1) is 5.92 Å². The van der Waals surface area contributed by atoms with Crippen molar-refractivity contribution in [3.05, 3.63) is 41.1 Å². The minimum absolute atomic E-state index is 0.122. The van der Waals surface area contributed by atoms with Crippen molar-refractivity contribution in [2.45, 2.75) is 59.3 Å². The van der Waals surface area contributed by atoms with Crippen LogP contribution in [0.1, 0.15) is 64.9 Å². The number of aliphatic imine (C=N–C) groups is 1. The molecule has 0 amide bonds. The number of esters is 1. The molecule has 1 aliphatic heterocycles. The Bertz CT molecular complexity index is 819. The van der Waals surface area contributed by atoms with E-state index in [1.54, 1.807) is 0 Å². The molecule has 0 radical (unpaired) electrons. The molecule has 1 unspecified atom stereocenters.